The first kappa shape index (κ1) is 41.9. The van der Waals surface area contributed by atoms with Crippen LogP contribution in [-0.4, -0.2) is 0 Å². The largest absolute Gasteiger partial charge is 0.455 e. The zero-order valence-electron chi connectivity index (χ0n) is 40.2. The van der Waals surface area contributed by atoms with E-state index in [4.69, 9.17) is 4.42 Å². The highest BCUT2D eigenvalue weighted by Crippen LogP contribution is 2.58. The Morgan fingerprint density at radius 2 is 0.792 bits per heavy atom. The first-order valence-corrected chi connectivity index (χ1v) is 25.1. The van der Waals surface area contributed by atoms with Crippen LogP contribution in [0.4, 0.5) is 17.1 Å². The van der Waals surface area contributed by atoms with Crippen molar-refractivity contribution >= 4 is 39.0 Å². The minimum absolute atomic E-state index is 0.247. The number of para-hydroxylation sites is 2. The standard InChI is InChI=1S/C70H49NO/c1-69(2)65-43-50(48-31-29-47(30-32-48)46-17-6-3-7-18-46)35-40-58(65)59-41-38-55(45-66(59)69)71(53-36-33-49(34-37-53)56-25-16-26-61-60-24-13-15-28-67(60)72-68(56)61)54-39-42-64-62(44-54)57-23-12-14-27-63(57)70(64,51-19-8-4-9-20-51)52-21-10-5-11-22-52/h3-45H,1-2H3. The lowest BCUT2D eigenvalue weighted by molar-refractivity contribution is 0.660. The molecule has 0 saturated heterocycles. The number of fused-ring (bicyclic) bond motifs is 9. The lowest BCUT2D eigenvalue weighted by atomic mass is 9.68. The van der Waals surface area contributed by atoms with E-state index < -0.39 is 5.41 Å². The molecule has 14 rings (SSSR count). The van der Waals surface area contributed by atoms with Crippen LogP contribution in [0.2, 0.25) is 0 Å². The lowest BCUT2D eigenvalue weighted by Crippen LogP contribution is -2.28. The van der Waals surface area contributed by atoms with Gasteiger partial charge in [0.25, 0.3) is 0 Å². The van der Waals surface area contributed by atoms with Crippen LogP contribution in [-0.2, 0) is 10.8 Å². The monoisotopic (exact) mass is 919 g/mol. The topological polar surface area (TPSA) is 16.4 Å². The predicted octanol–water partition coefficient (Wildman–Crippen LogP) is 18.7. The zero-order chi connectivity index (χ0) is 48.0. The summed E-state index contributed by atoms with van der Waals surface area (Å²) < 4.78 is 6.54. The molecule has 0 saturated carbocycles. The molecule has 2 aliphatic carbocycles. The molecule has 2 aliphatic rings. The van der Waals surface area contributed by atoms with Crippen molar-refractivity contribution in [3.8, 4) is 55.6 Å². The summed E-state index contributed by atoms with van der Waals surface area (Å²) in [6.07, 6.45) is 0. The van der Waals surface area contributed by atoms with Gasteiger partial charge in [0.15, 0.2) is 0 Å². The number of hydrogen-bond acceptors (Lipinski definition) is 2. The van der Waals surface area contributed by atoms with E-state index in [1.54, 1.807) is 0 Å². The van der Waals surface area contributed by atoms with Crippen molar-refractivity contribution < 1.29 is 4.42 Å². The van der Waals surface area contributed by atoms with Gasteiger partial charge >= 0.3 is 0 Å². The highest BCUT2D eigenvalue weighted by molar-refractivity contribution is 6.09. The smallest absolute Gasteiger partial charge is 0.143 e. The fraction of sp³-hybridized carbons (Fsp3) is 0.0571. The van der Waals surface area contributed by atoms with Crippen molar-refractivity contribution in [3.05, 3.63) is 294 Å². The van der Waals surface area contributed by atoms with Gasteiger partial charge in [0, 0.05) is 38.8 Å². The summed E-state index contributed by atoms with van der Waals surface area (Å²) in [4.78, 5) is 2.46. The molecule has 0 N–H and O–H groups in total. The Balaban J connectivity index is 0.912. The normalized spacial score (nSPS) is 13.6. The Labute approximate surface area is 420 Å². The van der Waals surface area contributed by atoms with Crippen LogP contribution in [0, 0.1) is 0 Å². The van der Waals surface area contributed by atoms with E-state index in [-0.39, 0.29) is 5.41 Å². The van der Waals surface area contributed by atoms with Crippen LogP contribution in [0.5, 0.6) is 0 Å². The summed E-state index contributed by atoms with van der Waals surface area (Å²) in [7, 11) is 0. The third-order valence-electron chi connectivity index (χ3n) is 15.8. The van der Waals surface area contributed by atoms with Gasteiger partial charge in [-0.25, -0.2) is 0 Å². The molecule has 0 fully saturated rings. The van der Waals surface area contributed by atoms with Crippen molar-refractivity contribution in [2.24, 2.45) is 0 Å². The molecule has 11 aromatic carbocycles. The molecule has 12 aromatic rings. The van der Waals surface area contributed by atoms with E-state index in [2.05, 4.69) is 274 Å². The van der Waals surface area contributed by atoms with Crippen LogP contribution >= 0.6 is 0 Å². The Morgan fingerprint density at radius 1 is 0.306 bits per heavy atom. The SMILES string of the molecule is CC1(C)c2cc(-c3ccc(-c4ccccc4)cc3)ccc2-c2ccc(N(c3ccc(-c4cccc5c4oc4ccccc45)cc3)c3ccc4c(c3)-c3ccccc3C4(c3ccccc3)c3ccccc3)cc21. The Kier molecular flexibility index (Phi) is 9.50. The summed E-state index contributed by atoms with van der Waals surface area (Å²) in [5, 5.41) is 2.26. The van der Waals surface area contributed by atoms with Crippen LogP contribution in [0.1, 0.15) is 47.2 Å². The van der Waals surface area contributed by atoms with Crippen molar-refractivity contribution in [3.63, 3.8) is 0 Å². The molecule has 0 aliphatic heterocycles. The van der Waals surface area contributed by atoms with E-state index in [9.17, 15) is 0 Å². The van der Waals surface area contributed by atoms with Gasteiger partial charge in [0.2, 0.25) is 0 Å². The molecule has 340 valence electrons. The quantitative estimate of drug-likeness (QED) is 0.151. The average Bonchev–Trinajstić information content (AvgIpc) is 4.05. The van der Waals surface area contributed by atoms with Crippen molar-refractivity contribution in [1.82, 2.24) is 0 Å². The molecule has 0 radical (unpaired) electrons. The summed E-state index contributed by atoms with van der Waals surface area (Å²) in [5.41, 5.74) is 24.3. The van der Waals surface area contributed by atoms with Gasteiger partial charge in [0.1, 0.15) is 11.2 Å². The van der Waals surface area contributed by atoms with Crippen LogP contribution in [0.3, 0.4) is 0 Å². The van der Waals surface area contributed by atoms with Crippen molar-refractivity contribution in [2.45, 2.75) is 24.7 Å². The number of nitrogens with zero attached hydrogens (tertiary/aromatic N) is 1. The minimum atomic E-state index is -0.483. The number of furan rings is 1. The van der Waals surface area contributed by atoms with E-state index in [0.717, 1.165) is 50.1 Å². The van der Waals surface area contributed by atoms with E-state index in [1.807, 2.05) is 6.07 Å². The second-order valence-electron chi connectivity index (χ2n) is 20.0. The van der Waals surface area contributed by atoms with Gasteiger partial charge in [-0.3, -0.25) is 0 Å². The van der Waals surface area contributed by atoms with Gasteiger partial charge in [-0.2, -0.15) is 0 Å². The molecule has 0 atom stereocenters. The Hall–Kier alpha value is -8.98. The minimum Gasteiger partial charge on any atom is -0.455 e. The maximum Gasteiger partial charge on any atom is 0.143 e. The average molecular weight is 920 g/mol. The number of rotatable bonds is 8. The van der Waals surface area contributed by atoms with Crippen LogP contribution in [0.15, 0.2) is 265 Å². The van der Waals surface area contributed by atoms with E-state index >= 15 is 0 Å². The second kappa shape index (κ2) is 16.3. The molecule has 72 heavy (non-hydrogen) atoms. The van der Waals surface area contributed by atoms with Crippen molar-refractivity contribution in [2.75, 3.05) is 4.90 Å². The van der Waals surface area contributed by atoms with Gasteiger partial charge in [-0.05, 0) is 132 Å². The molecule has 1 aromatic heterocycles. The predicted molar refractivity (Wildman–Crippen MR) is 300 cm³/mol. The fourth-order valence-electron chi connectivity index (χ4n) is 12.3. The highest BCUT2D eigenvalue weighted by atomic mass is 16.3. The van der Waals surface area contributed by atoms with E-state index in [0.29, 0.717) is 0 Å². The third kappa shape index (κ3) is 6.35. The van der Waals surface area contributed by atoms with Gasteiger partial charge in [-0.15, -0.1) is 0 Å². The maximum atomic E-state index is 6.54. The number of hydrogen-bond donors (Lipinski definition) is 0. The number of anilines is 3. The molecule has 0 spiro atoms. The summed E-state index contributed by atoms with van der Waals surface area (Å²) in [5.74, 6) is 0. The van der Waals surface area contributed by atoms with E-state index in [1.165, 1.54) is 77.9 Å². The van der Waals surface area contributed by atoms with Crippen molar-refractivity contribution in [1.29, 1.82) is 0 Å². The molecular weight excluding hydrogens is 871 g/mol. The van der Waals surface area contributed by atoms with Gasteiger partial charge in [-0.1, -0.05) is 226 Å². The first-order valence-electron chi connectivity index (χ1n) is 25.1. The Bertz CT molecular complexity index is 4000. The second-order valence-corrected chi connectivity index (χ2v) is 20.0. The third-order valence-corrected chi connectivity index (χ3v) is 15.8. The van der Waals surface area contributed by atoms with Gasteiger partial charge in [0.05, 0.1) is 5.41 Å². The first-order chi connectivity index (χ1) is 35.4. The lowest BCUT2D eigenvalue weighted by Gasteiger charge is -2.34. The van der Waals surface area contributed by atoms with Gasteiger partial charge < -0.3 is 9.32 Å². The summed E-state index contributed by atoms with van der Waals surface area (Å²) in [6, 6.07) is 96.0. The van der Waals surface area contributed by atoms with Crippen LogP contribution < -0.4 is 4.90 Å². The molecule has 2 heteroatoms. The molecule has 0 bridgehead atoms. The van der Waals surface area contributed by atoms with Crippen LogP contribution in [0.25, 0.3) is 77.6 Å². The molecular formula is C70H49NO. The molecule has 0 amide bonds. The molecule has 0 unspecified atom stereocenters. The number of benzene rings is 11. The highest BCUT2D eigenvalue weighted by Gasteiger charge is 2.46. The summed E-state index contributed by atoms with van der Waals surface area (Å²) >= 11 is 0. The fourth-order valence-corrected chi connectivity index (χ4v) is 12.3. The molecule has 1 heterocycles. The Morgan fingerprint density at radius 3 is 1.53 bits per heavy atom. The zero-order valence-corrected chi connectivity index (χ0v) is 40.2. The maximum absolute atomic E-state index is 6.54. The summed E-state index contributed by atoms with van der Waals surface area (Å²) in [6.45, 7) is 4.78. The molecule has 2 nitrogen and oxygen atoms in total.